The highest BCUT2D eigenvalue weighted by molar-refractivity contribution is 8.94. The molecule has 0 bridgehead atoms. The third-order valence-corrected chi connectivity index (χ3v) is 29.6. The molecule has 0 aromatic heterocycles. The zero-order valence-corrected chi connectivity index (χ0v) is 57.4. The summed E-state index contributed by atoms with van der Waals surface area (Å²) < 4.78 is 11.8. The lowest BCUT2D eigenvalue weighted by atomic mass is 10.0. The second-order valence-corrected chi connectivity index (χ2v) is 39.7. The molecular formula is C64H129NO3P2S6+2. The molecule has 1 N–H and O–H groups in total. The Kier molecular flexibility index (Phi) is 72.8. The van der Waals surface area contributed by atoms with Crippen LogP contribution in [0.4, 0.5) is 0 Å². The van der Waals surface area contributed by atoms with E-state index in [0.717, 1.165) is 37.9 Å². The van der Waals surface area contributed by atoms with Gasteiger partial charge in [0.25, 0.3) is 0 Å². The third kappa shape index (κ3) is 70.1. The maximum atomic E-state index is 12.4. The maximum absolute atomic E-state index is 12.4. The molecule has 0 aliphatic rings. The zero-order chi connectivity index (χ0) is 54.8. The van der Waals surface area contributed by atoms with E-state index in [1.54, 1.807) is 11.4 Å². The molecule has 2 unspecified atom stereocenters. The van der Waals surface area contributed by atoms with Crippen molar-refractivity contribution in [3.05, 3.63) is 0 Å². The molecule has 1 amide bonds. The van der Waals surface area contributed by atoms with Crippen LogP contribution < -0.4 is 5.32 Å². The summed E-state index contributed by atoms with van der Waals surface area (Å²) >= 11 is 18.9. The minimum absolute atomic E-state index is 0.143. The lowest BCUT2D eigenvalue weighted by Gasteiger charge is -2.05. The fourth-order valence-electron chi connectivity index (χ4n) is 9.97. The van der Waals surface area contributed by atoms with Gasteiger partial charge in [-0.2, -0.15) is 0 Å². The molecule has 452 valence electrons. The summed E-state index contributed by atoms with van der Waals surface area (Å²) in [7, 11) is 0. The van der Waals surface area contributed by atoms with Crippen LogP contribution in [0.15, 0.2) is 0 Å². The van der Waals surface area contributed by atoms with Crippen LogP contribution in [0, 0.1) is 0 Å². The van der Waals surface area contributed by atoms with Crippen molar-refractivity contribution in [1.82, 2.24) is 5.32 Å². The summed E-state index contributed by atoms with van der Waals surface area (Å²) in [5.41, 5.74) is 0. The van der Waals surface area contributed by atoms with Gasteiger partial charge in [0.05, 0.1) is 0 Å². The smallest absolute Gasteiger partial charge is 0.318 e. The predicted octanol–water partition coefficient (Wildman–Crippen LogP) is 25.3. The first-order valence-corrected chi connectivity index (χ1v) is 44.6. The minimum atomic E-state index is -0.540. The average molecular weight is 1220 g/mol. The van der Waals surface area contributed by atoms with Crippen molar-refractivity contribution < 1.29 is 14.3 Å². The van der Waals surface area contributed by atoms with Crippen molar-refractivity contribution >= 4 is 85.2 Å². The molecule has 0 saturated carbocycles. The number of ether oxygens (including phenoxy) is 2. The summed E-state index contributed by atoms with van der Waals surface area (Å²) in [5.74, 6) is 3.96. The van der Waals surface area contributed by atoms with E-state index in [0.29, 0.717) is 12.3 Å². The van der Waals surface area contributed by atoms with E-state index in [9.17, 15) is 4.79 Å². The summed E-state index contributed by atoms with van der Waals surface area (Å²) in [6, 6.07) is 0. The van der Waals surface area contributed by atoms with Crippen LogP contribution in [0.25, 0.3) is 0 Å². The predicted molar refractivity (Wildman–Crippen MR) is 364 cm³/mol. The molecule has 0 fully saturated rings. The van der Waals surface area contributed by atoms with Crippen molar-refractivity contribution in [2.75, 3.05) is 49.6 Å². The van der Waals surface area contributed by atoms with Gasteiger partial charge in [0.1, 0.15) is 51.4 Å². The molecule has 0 spiro atoms. The number of rotatable bonds is 69. The summed E-state index contributed by atoms with van der Waals surface area (Å²) in [6.07, 6.45) is 72.9. The van der Waals surface area contributed by atoms with Crippen LogP contribution in [0.3, 0.4) is 0 Å². The van der Waals surface area contributed by atoms with Gasteiger partial charge in [-0.3, -0.25) is 4.79 Å². The van der Waals surface area contributed by atoms with Gasteiger partial charge in [0.2, 0.25) is 5.91 Å². The zero-order valence-electron chi connectivity index (χ0n) is 50.7. The van der Waals surface area contributed by atoms with E-state index in [-0.39, 0.29) is 5.91 Å². The van der Waals surface area contributed by atoms with Gasteiger partial charge < -0.3 is 14.8 Å². The largest absolute Gasteiger partial charge is 0.381 e. The molecule has 0 aliphatic carbocycles. The summed E-state index contributed by atoms with van der Waals surface area (Å²) in [5, 5.41) is 2.04. The van der Waals surface area contributed by atoms with Gasteiger partial charge in [-0.1, -0.05) is 309 Å². The van der Waals surface area contributed by atoms with Crippen molar-refractivity contribution in [3.8, 4) is 0 Å². The molecule has 76 heavy (non-hydrogen) atoms. The molecule has 0 aromatic carbocycles. The molecule has 0 saturated heterocycles. The molecule has 0 rings (SSSR count). The van der Waals surface area contributed by atoms with Gasteiger partial charge in [0, 0.05) is 50.1 Å². The molecular weight excluding hydrogens is 1090 g/mol. The number of unbranched alkanes of at least 4 members (excludes halogenated alkanes) is 48. The van der Waals surface area contributed by atoms with Crippen LogP contribution in [0.1, 0.15) is 354 Å². The van der Waals surface area contributed by atoms with Gasteiger partial charge in [-0.05, 0) is 38.5 Å². The lowest BCUT2D eigenvalue weighted by Crippen LogP contribution is -2.22. The monoisotopic (exact) mass is 1210 g/mol. The van der Waals surface area contributed by atoms with Crippen molar-refractivity contribution in [2.24, 2.45) is 0 Å². The first kappa shape index (κ1) is 77.8. The minimum Gasteiger partial charge on any atom is -0.381 e. The van der Waals surface area contributed by atoms with E-state index < -0.39 is 10.2 Å². The number of hydrogen-bond donors (Lipinski definition) is 1. The molecule has 0 aromatic rings. The molecule has 0 radical (unpaired) electrons. The van der Waals surface area contributed by atoms with Crippen LogP contribution in [0.5, 0.6) is 0 Å². The Morgan fingerprint density at radius 2 is 0.513 bits per heavy atom. The van der Waals surface area contributed by atoms with E-state index in [2.05, 4.69) is 19.2 Å². The quantitative estimate of drug-likeness (QED) is 0.0365. The van der Waals surface area contributed by atoms with Gasteiger partial charge in [-0.25, -0.2) is 0 Å². The number of amides is 1. The number of carbonyl (C=O) groups is 1. The second-order valence-electron chi connectivity index (χ2n) is 22.5. The van der Waals surface area contributed by atoms with E-state index in [4.69, 9.17) is 33.1 Å². The highest BCUT2D eigenvalue weighted by Crippen LogP contribution is 2.51. The Hall–Kier alpha value is 1.83. The highest BCUT2D eigenvalue weighted by atomic mass is 33.2. The third-order valence-electron chi connectivity index (χ3n) is 15.0. The van der Waals surface area contributed by atoms with Crippen LogP contribution in [0.2, 0.25) is 0 Å². The molecule has 12 heteroatoms. The Morgan fingerprint density at radius 3 is 0.776 bits per heavy atom. The standard InChI is InChI=1S/C64H128NO3P2S6/c1-3-5-7-9-11-13-15-19-25-31-37-43-49-56-67-58-51-45-39-33-27-21-17-23-29-35-41-47-53-60-73-69(71)75-62-55-64(66)65-63-76-70(72)74-61-54-48-42-36-30-24-18-22-28-34-40-46-52-59-68-57-50-44-38-32-26-20-16-14-12-10-8-6-4-2/h3-63H2,1-2H3/q+1/p+1. The van der Waals surface area contributed by atoms with Crippen molar-refractivity contribution in [3.63, 3.8) is 0 Å². The fourth-order valence-corrected chi connectivity index (χ4v) is 21.5. The van der Waals surface area contributed by atoms with Gasteiger partial charge >= 0.3 is 10.2 Å². The van der Waals surface area contributed by atoms with Crippen LogP contribution in [-0.2, 0) is 37.9 Å². The second kappa shape index (κ2) is 71.1. The molecule has 4 nitrogen and oxygen atoms in total. The van der Waals surface area contributed by atoms with Crippen molar-refractivity contribution in [2.45, 2.75) is 354 Å². The first-order valence-electron chi connectivity index (χ1n) is 33.5. The van der Waals surface area contributed by atoms with Crippen LogP contribution in [-0.4, -0.2) is 55.5 Å². The molecule has 0 heterocycles. The molecule has 2 atom stereocenters. The average Bonchev–Trinajstić information content (AvgIpc) is 3.42. The SMILES string of the molecule is CCCCCCCCCCCCCCCOCCCCCCCCCCCCCCCS[P+](=S)SCCC(=O)NCS[P+](=S)SCCCCCCCCCCCCCCCOCCCCCCCCCCCCCCC. The van der Waals surface area contributed by atoms with Gasteiger partial charge in [0.15, 0.2) is 23.6 Å². The van der Waals surface area contributed by atoms with Crippen molar-refractivity contribution in [1.29, 1.82) is 0 Å². The van der Waals surface area contributed by atoms with Gasteiger partial charge in [-0.15, -0.1) is 0 Å². The first-order chi connectivity index (χ1) is 37.6. The normalized spacial score (nSPS) is 12.0. The summed E-state index contributed by atoms with van der Waals surface area (Å²) in [6.45, 7) is 8.50. The Balaban J connectivity index is 3.28. The number of hydrogen-bond acceptors (Lipinski definition) is 9. The van der Waals surface area contributed by atoms with E-state index >= 15 is 0 Å². The summed E-state index contributed by atoms with van der Waals surface area (Å²) in [4.78, 5) is 12.4. The Bertz CT molecular complexity index is 1080. The lowest BCUT2D eigenvalue weighted by molar-refractivity contribution is -0.120. The Labute approximate surface area is 504 Å². The van der Waals surface area contributed by atoms with E-state index in [1.807, 2.05) is 34.1 Å². The van der Waals surface area contributed by atoms with Crippen LogP contribution >= 0.6 is 55.7 Å². The Morgan fingerprint density at radius 1 is 0.303 bits per heavy atom. The topological polar surface area (TPSA) is 47.6 Å². The molecule has 0 aliphatic heterocycles. The number of nitrogens with one attached hydrogen (secondary N) is 1. The fraction of sp³-hybridized carbons (Fsp3) is 0.984. The van der Waals surface area contributed by atoms with E-state index in [1.165, 1.54) is 340 Å². The maximum Gasteiger partial charge on any atom is 0.318 e. The number of carbonyl (C=O) groups excluding carboxylic acids is 1. The highest BCUT2D eigenvalue weighted by Gasteiger charge is 2.17.